The molecule has 2 aromatic heterocycles. The molecule has 0 fully saturated rings. The van der Waals surface area contributed by atoms with Crippen LogP contribution in [-0.2, 0) is 0 Å². The van der Waals surface area contributed by atoms with Gasteiger partial charge in [-0.25, -0.2) is 0 Å². The summed E-state index contributed by atoms with van der Waals surface area (Å²) >= 11 is 1.81. The quantitative estimate of drug-likeness (QED) is 0.323. The van der Waals surface area contributed by atoms with Crippen LogP contribution in [0.15, 0.2) is 66.9 Å². The van der Waals surface area contributed by atoms with Crippen molar-refractivity contribution in [2.24, 2.45) is 0 Å². The Balaban J connectivity index is 1.79. The molecule has 0 aliphatic rings. The van der Waals surface area contributed by atoms with Crippen LogP contribution in [-0.4, -0.2) is 12.1 Å². The van der Waals surface area contributed by atoms with E-state index in [9.17, 15) is 0 Å². The third-order valence-electron chi connectivity index (χ3n) is 5.30. The number of fused-ring (bicyclic) bond motifs is 5. The van der Waals surface area contributed by atoms with Crippen molar-refractivity contribution in [3.05, 3.63) is 72.4 Å². The first-order valence-electron chi connectivity index (χ1n) is 9.84. The SMILES string of the molecule is [2H]C(C)(C)c1ccnc(-c2cccc3c2sc2c4ccc(OC)cc4ccc32)c1. The van der Waals surface area contributed by atoms with Gasteiger partial charge in [-0.2, -0.15) is 0 Å². The van der Waals surface area contributed by atoms with Gasteiger partial charge in [0.2, 0.25) is 0 Å². The topological polar surface area (TPSA) is 22.1 Å². The van der Waals surface area contributed by atoms with E-state index in [4.69, 9.17) is 6.11 Å². The van der Waals surface area contributed by atoms with E-state index in [0.29, 0.717) is 0 Å². The molecule has 2 nitrogen and oxygen atoms in total. The summed E-state index contributed by atoms with van der Waals surface area (Å²) < 4.78 is 16.3. The summed E-state index contributed by atoms with van der Waals surface area (Å²) in [7, 11) is 1.70. The molecule has 0 aliphatic carbocycles. The number of hydrogen-bond donors (Lipinski definition) is 0. The summed E-state index contributed by atoms with van der Waals surface area (Å²) in [6.07, 6.45) is 1.81. The molecular weight excluding hydrogens is 362 g/mol. The third-order valence-corrected chi connectivity index (χ3v) is 6.59. The van der Waals surface area contributed by atoms with Crippen LogP contribution >= 0.6 is 11.3 Å². The number of hydrogen-bond acceptors (Lipinski definition) is 3. The van der Waals surface area contributed by atoms with Gasteiger partial charge in [-0.3, -0.25) is 4.98 Å². The zero-order chi connectivity index (χ0) is 20.2. The monoisotopic (exact) mass is 384 g/mol. The Labute approximate surface area is 169 Å². The van der Waals surface area contributed by atoms with E-state index in [0.717, 1.165) is 22.6 Å². The molecule has 2 heterocycles. The maximum absolute atomic E-state index is 8.37. The predicted molar refractivity (Wildman–Crippen MR) is 121 cm³/mol. The molecular formula is C25H21NOS. The molecule has 0 bridgehead atoms. The van der Waals surface area contributed by atoms with E-state index >= 15 is 0 Å². The summed E-state index contributed by atoms with van der Waals surface area (Å²) in [6, 6.07) is 21.0. The van der Waals surface area contributed by atoms with E-state index in [-0.39, 0.29) is 0 Å². The van der Waals surface area contributed by atoms with Crippen molar-refractivity contribution in [1.29, 1.82) is 0 Å². The number of ether oxygens (including phenoxy) is 1. The molecule has 0 spiro atoms. The summed E-state index contributed by atoms with van der Waals surface area (Å²) in [5.74, 6) is 0.221. The average Bonchev–Trinajstić information content (AvgIpc) is 3.12. The molecule has 0 saturated carbocycles. The van der Waals surface area contributed by atoms with Crippen LogP contribution < -0.4 is 4.74 Å². The first-order chi connectivity index (χ1) is 14.0. The molecule has 5 rings (SSSR count). The fraction of sp³-hybridized carbons (Fsp3) is 0.160. The lowest BCUT2D eigenvalue weighted by molar-refractivity contribution is 0.415. The highest BCUT2D eigenvalue weighted by molar-refractivity contribution is 7.27. The predicted octanol–water partition coefficient (Wildman–Crippen LogP) is 7.40. The average molecular weight is 385 g/mol. The molecule has 138 valence electrons. The van der Waals surface area contributed by atoms with Crippen LogP contribution in [0.5, 0.6) is 5.75 Å². The van der Waals surface area contributed by atoms with Crippen molar-refractivity contribution in [3.63, 3.8) is 0 Å². The largest absolute Gasteiger partial charge is 0.497 e. The fourth-order valence-electron chi connectivity index (χ4n) is 3.78. The van der Waals surface area contributed by atoms with Gasteiger partial charge in [0.1, 0.15) is 5.75 Å². The maximum Gasteiger partial charge on any atom is 0.119 e. The van der Waals surface area contributed by atoms with Gasteiger partial charge in [-0.05, 0) is 52.6 Å². The van der Waals surface area contributed by atoms with Crippen LogP contribution in [0, 0.1) is 0 Å². The van der Waals surface area contributed by atoms with Crippen LogP contribution in [0.1, 0.15) is 26.7 Å². The molecule has 28 heavy (non-hydrogen) atoms. The van der Waals surface area contributed by atoms with Crippen molar-refractivity contribution in [2.75, 3.05) is 7.11 Å². The molecule has 0 amide bonds. The number of pyridine rings is 1. The molecule has 0 atom stereocenters. The Hall–Kier alpha value is -2.91. The Morgan fingerprint density at radius 1 is 0.929 bits per heavy atom. The first kappa shape index (κ1) is 16.1. The molecule has 0 saturated heterocycles. The van der Waals surface area contributed by atoms with E-state index in [1.54, 1.807) is 7.11 Å². The minimum atomic E-state index is -0.652. The van der Waals surface area contributed by atoms with E-state index in [1.807, 2.05) is 43.5 Å². The Bertz CT molecular complexity index is 1380. The fourth-order valence-corrected chi connectivity index (χ4v) is 5.14. The second kappa shape index (κ2) is 6.61. The summed E-state index contributed by atoms with van der Waals surface area (Å²) in [5.41, 5.74) is 3.01. The molecule has 3 heteroatoms. The van der Waals surface area contributed by atoms with Gasteiger partial charge in [-0.1, -0.05) is 44.2 Å². The second-order valence-electron chi connectivity index (χ2n) is 7.24. The Morgan fingerprint density at radius 2 is 1.75 bits per heavy atom. The van der Waals surface area contributed by atoms with Crippen molar-refractivity contribution < 1.29 is 6.11 Å². The first-order valence-corrected chi connectivity index (χ1v) is 10.2. The standard InChI is InChI=1S/C25H21NOS/c1-15(2)16-11-12-26-23(14-16)22-6-4-5-20-21-9-7-17-13-18(27-3)8-10-19(17)24(21)28-25(20)22/h4-15H,1-3H3/i15D. The van der Waals surface area contributed by atoms with E-state index < -0.39 is 5.89 Å². The molecule has 0 N–H and O–H groups in total. The lowest BCUT2D eigenvalue weighted by Crippen LogP contribution is -1.90. The van der Waals surface area contributed by atoms with Gasteiger partial charge >= 0.3 is 0 Å². The second-order valence-corrected chi connectivity index (χ2v) is 8.26. The van der Waals surface area contributed by atoms with Crippen molar-refractivity contribution in [3.8, 4) is 17.0 Å². The maximum atomic E-state index is 8.37. The van der Waals surface area contributed by atoms with Crippen molar-refractivity contribution in [2.45, 2.75) is 19.7 Å². The lowest BCUT2D eigenvalue weighted by atomic mass is 10.0. The lowest BCUT2D eigenvalue weighted by Gasteiger charge is -2.08. The van der Waals surface area contributed by atoms with Crippen molar-refractivity contribution >= 4 is 42.3 Å². The van der Waals surface area contributed by atoms with Gasteiger partial charge in [-0.15, -0.1) is 11.3 Å². The van der Waals surface area contributed by atoms with Gasteiger partial charge in [0.15, 0.2) is 0 Å². The Morgan fingerprint density at radius 3 is 2.57 bits per heavy atom. The van der Waals surface area contributed by atoms with Crippen LogP contribution in [0.25, 0.3) is 42.2 Å². The van der Waals surface area contributed by atoms with E-state index in [2.05, 4.69) is 53.5 Å². The highest BCUT2D eigenvalue weighted by Gasteiger charge is 2.14. The van der Waals surface area contributed by atoms with Gasteiger partial charge < -0.3 is 4.74 Å². The zero-order valence-electron chi connectivity index (χ0n) is 17.1. The zero-order valence-corrected chi connectivity index (χ0v) is 16.9. The normalized spacial score (nSPS) is 12.6. The third kappa shape index (κ3) is 2.66. The minimum Gasteiger partial charge on any atom is -0.497 e. The molecule has 3 aromatic carbocycles. The highest BCUT2D eigenvalue weighted by atomic mass is 32.1. The number of benzene rings is 3. The molecule has 0 radical (unpaired) electrons. The van der Waals surface area contributed by atoms with Crippen LogP contribution in [0.2, 0.25) is 0 Å². The number of thiophene rings is 1. The number of aromatic nitrogens is 1. The number of rotatable bonds is 3. The summed E-state index contributed by atoms with van der Waals surface area (Å²) in [6.45, 7) is 3.82. The number of methoxy groups -OCH3 is 1. The van der Waals surface area contributed by atoms with Crippen LogP contribution in [0.3, 0.4) is 0 Å². The van der Waals surface area contributed by atoms with Gasteiger partial charge in [0.25, 0.3) is 0 Å². The molecule has 0 aliphatic heterocycles. The number of nitrogens with zero attached hydrogens (tertiary/aromatic N) is 1. The molecule has 5 aromatic rings. The van der Waals surface area contributed by atoms with Gasteiger partial charge in [0.05, 0.1) is 12.8 Å². The minimum absolute atomic E-state index is 0.652. The van der Waals surface area contributed by atoms with Crippen molar-refractivity contribution in [1.82, 2.24) is 4.98 Å². The Kier molecular flexibility index (Phi) is 3.79. The smallest absolute Gasteiger partial charge is 0.119 e. The van der Waals surface area contributed by atoms with Crippen LogP contribution in [0.4, 0.5) is 0 Å². The van der Waals surface area contributed by atoms with Gasteiger partial charge in [0, 0.05) is 33.3 Å². The molecule has 0 unspecified atom stereocenters. The van der Waals surface area contributed by atoms with E-state index in [1.165, 1.54) is 30.9 Å². The summed E-state index contributed by atoms with van der Waals surface area (Å²) in [4.78, 5) is 4.64. The summed E-state index contributed by atoms with van der Waals surface area (Å²) in [5, 5.41) is 4.93. The highest BCUT2D eigenvalue weighted by Crippen LogP contribution is 2.42.